The highest BCUT2D eigenvalue weighted by Crippen LogP contribution is 2.28. The quantitative estimate of drug-likeness (QED) is 0.879. The van der Waals surface area contributed by atoms with Gasteiger partial charge in [0.15, 0.2) is 11.6 Å². The average molecular weight is 287 g/mol. The van der Waals surface area contributed by atoms with Crippen molar-refractivity contribution in [3.05, 3.63) is 29.3 Å². The molecule has 112 valence electrons. The van der Waals surface area contributed by atoms with Gasteiger partial charge in [-0.1, -0.05) is 0 Å². The largest absolute Gasteiger partial charge is 0.496 e. The number of hydrogen-bond acceptors (Lipinski definition) is 4. The Morgan fingerprint density at radius 1 is 1.45 bits per heavy atom. The highest BCUT2D eigenvalue weighted by atomic mass is 19.2. The van der Waals surface area contributed by atoms with Crippen molar-refractivity contribution in [1.29, 1.82) is 0 Å². The summed E-state index contributed by atoms with van der Waals surface area (Å²) in [5.74, 6) is -1.59. The number of rotatable bonds is 3. The Hall–Kier alpha value is -1.24. The van der Waals surface area contributed by atoms with Crippen LogP contribution in [0, 0.1) is 11.6 Å². The van der Waals surface area contributed by atoms with Crippen molar-refractivity contribution in [2.24, 2.45) is 0 Å². The summed E-state index contributed by atoms with van der Waals surface area (Å²) in [5, 5.41) is 19.7. The summed E-state index contributed by atoms with van der Waals surface area (Å²) in [5.41, 5.74) is -1.01. The maximum absolute atomic E-state index is 13.9. The Bertz CT molecular complexity index is 494. The molecule has 2 N–H and O–H groups in total. The van der Waals surface area contributed by atoms with Gasteiger partial charge in [0.2, 0.25) is 0 Å². The average Bonchev–Trinajstić information content (AvgIpc) is 2.40. The van der Waals surface area contributed by atoms with Crippen molar-refractivity contribution in [3.8, 4) is 5.75 Å². The van der Waals surface area contributed by atoms with Crippen LogP contribution < -0.4 is 4.74 Å². The van der Waals surface area contributed by atoms with Gasteiger partial charge in [-0.3, -0.25) is 4.90 Å². The zero-order valence-corrected chi connectivity index (χ0v) is 11.6. The molecule has 0 amide bonds. The fourth-order valence-electron chi connectivity index (χ4n) is 2.36. The van der Waals surface area contributed by atoms with Crippen molar-refractivity contribution in [1.82, 2.24) is 4.90 Å². The minimum absolute atomic E-state index is 0.125. The zero-order chi connectivity index (χ0) is 14.9. The third-order valence-electron chi connectivity index (χ3n) is 3.84. The van der Waals surface area contributed by atoms with E-state index in [9.17, 15) is 19.0 Å². The van der Waals surface area contributed by atoms with Gasteiger partial charge in [0.05, 0.1) is 18.8 Å². The molecule has 2 rings (SSSR count). The molecule has 0 radical (unpaired) electrons. The van der Waals surface area contributed by atoms with E-state index in [2.05, 4.69) is 0 Å². The van der Waals surface area contributed by atoms with Crippen LogP contribution >= 0.6 is 0 Å². The second-order valence-corrected chi connectivity index (χ2v) is 5.40. The number of ether oxygens (including phenoxy) is 1. The van der Waals surface area contributed by atoms with Gasteiger partial charge in [0.1, 0.15) is 5.75 Å². The molecule has 1 heterocycles. The number of β-amino-alcohol motifs (C(OH)–C–C–N with tert-alkyl or cyclic N) is 1. The first-order chi connectivity index (χ1) is 9.35. The molecule has 0 bridgehead atoms. The number of likely N-dealkylation sites (tertiary alicyclic amines) is 1. The van der Waals surface area contributed by atoms with E-state index in [1.807, 2.05) is 0 Å². The topological polar surface area (TPSA) is 52.9 Å². The van der Waals surface area contributed by atoms with Crippen molar-refractivity contribution >= 4 is 0 Å². The summed E-state index contributed by atoms with van der Waals surface area (Å²) in [6.07, 6.45) is -0.549. The summed E-state index contributed by atoms with van der Waals surface area (Å²) < 4.78 is 32.2. The van der Waals surface area contributed by atoms with Gasteiger partial charge in [-0.05, 0) is 25.5 Å². The number of halogens is 2. The van der Waals surface area contributed by atoms with Crippen LogP contribution in [0.15, 0.2) is 12.1 Å². The summed E-state index contributed by atoms with van der Waals surface area (Å²) in [4.78, 5) is 1.77. The predicted molar refractivity (Wildman–Crippen MR) is 69.4 cm³/mol. The number of methoxy groups -OCH3 is 1. The minimum atomic E-state index is -1.14. The van der Waals surface area contributed by atoms with Crippen molar-refractivity contribution in [2.45, 2.75) is 31.6 Å². The molecule has 20 heavy (non-hydrogen) atoms. The smallest absolute Gasteiger partial charge is 0.167 e. The van der Waals surface area contributed by atoms with Crippen LogP contribution in [0.5, 0.6) is 5.75 Å². The summed E-state index contributed by atoms with van der Waals surface area (Å²) in [7, 11) is 1.39. The molecule has 6 heteroatoms. The van der Waals surface area contributed by atoms with Gasteiger partial charge < -0.3 is 14.9 Å². The summed E-state index contributed by atoms with van der Waals surface area (Å²) in [6, 6.07) is 2.40. The van der Waals surface area contributed by atoms with Crippen molar-refractivity contribution in [2.75, 3.05) is 20.2 Å². The van der Waals surface area contributed by atoms with Crippen LogP contribution in [0.4, 0.5) is 8.78 Å². The van der Waals surface area contributed by atoms with Gasteiger partial charge in [0.25, 0.3) is 0 Å². The zero-order valence-electron chi connectivity index (χ0n) is 11.6. The molecule has 0 aliphatic carbocycles. The van der Waals surface area contributed by atoms with Crippen LogP contribution in [0.1, 0.15) is 18.9 Å². The standard InChI is InChI=1S/C14H19F2NO3/c1-14(19)5-6-17(8-12(14)18)7-9-11(20-2)4-3-10(15)13(9)16/h3-4,12,18-19H,5-8H2,1-2H3/t12-,14-/m1/s1. The number of aliphatic hydroxyl groups excluding tert-OH is 1. The number of aliphatic hydroxyl groups is 2. The summed E-state index contributed by atoms with van der Waals surface area (Å²) >= 11 is 0. The van der Waals surface area contributed by atoms with Crippen LogP contribution in [0.2, 0.25) is 0 Å². The first kappa shape index (κ1) is 15.2. The van der Waals surface area contributed by atoms with Gasteiger partial charge in [0, 0.05) is 25.2 Å². The monoisotopic (exact) mass is 287 g/mol. The Labute approximate surface area is 116 Å². The molecule has 0 saturated carbocycles. The van der Waals surface area contributed by atoms with E-state index in [-0.39, 0.29) is 24.4 Å². The minimum Gasteiger partial charge on any atom is -0.496 e. The van der Waals surface area contributed by atoms with Crippen LogP contribution in [-0.4, -0.2) is 47.0 Å². The fourth-order valence-corrected chi connectivity index (χ4v) is 2.36. The lowest BCUT2D eigenvalue weighted by molar-refractivity contribution is -0.108. The highest BCUT2D eigenvalue weighted by molar-refractivity contribution is 5.35. The molecular weight excluding hydrogens is 268 g/mol. The van der Waals surface area contributed by atoms with E-state index >= 15 is 0 Å². The molecule has 0 aromatic heterocycles. The molecule has 0 spiro atoms. The SMILES string of the molecule is COc1ccc(F)c(F)c1CN1CC[C@@](C)(O)[C@H](O)C1. The maximum Gasteiger partial charge on any atom is 0.167 e. The lowest BCUT2D eigenvalue weighted by atomic mass is 9.90. The highest BCUT2D eigenvalue weighted by Gasteiger charge is 2.36. The second kappa shape index (κ2) is 5.63. The molecule has 1 fully saturated rings. The summed E-state index contributed by atoms with van der Waals surface area (Å²) in [6.45, 7) is 2.38. The number of hydrogen-bond donors (Lipinski definition) is 2. The molecular formula is C14H19F2NO3. The van der Waals surface area contributed by atoms with E-state index < -0.39 is 23.3 Å². The third-order valence-corrected chi connectivity index (χ3v) is 3.84. The van der Waals surface area contributed by atoms with E-state index in [1.165, 1.54) is 13.2 Å². The fraction of sp³-hybridized carbons (Fsp3) is 0.571. The molecule has 4 nitrogen and oxygen atoms in total. The number of nitrogens with zero attached hydrogens (tertiary/aromatic N) is 1. The molecule has 1 saturated heterocycles. The van der Waals surface area contributed by atoms with Crippen LogP contribution in [0.3, 0.4) is 0 Å². The van der Waals surface area contributed by atoms with E-state index in [4.69, 9.17) is 4.74 Å². The maximum atomic E-state index is 13.9. The van der Waals surface area contributed by atoms with Gasteiger partial charge in [-0.2, -0.15) is 0 Å². The lowest BCUT2D eigenvalue weighted by Gasteiger charge is -2.40. The lowest BCUT2D eigenvalue weighted by Crippen LogP contribution is -2.53. The van der Waals surface area contributed by atoms with Crippen molar-refractivity contribution < 1.29 is 23.7 Å². The molecule has 1 aliphatic rings. The predicted octanol–water partition coefficient (Wildman–Crippen LogP) is 1.29. The Balaban J connectivity index is 2.17. The molecule has 1 aromatic carbocycles. The second-order valence-electron chi connectivity index (χ2n) is 5.40. The van der Waals surface area contributed by atoms with Crippen LogP contribution in [-0.2, 0) is 6.54 Å². The third kappa shape index (κ3) is 2.92. The van der Waals surface area contributed by atoms with Crippen molar-refractivity contribution in [3.63, 3.8) is 0 Å². The molecule has 0 unspecified atom stereocenters. The van der Waals surface area contributed by atoms with Gasteiger partial charge >= 0.3 is 0 Å². The van der Waals surface area contributed by atoms with E-state index in [0.717, 1.165) is 6.07 Å². The Morgan fingerprint density at radius 2 is 2.15 bits per heavy atom. The molecule has 2 atom stereocenters. The Kier molecular flexibility index (Phi) is 4.27. The number of benzene rings is 1. The van der Waals surface area contributed by atoms with Gasteiger partial charge in [-0.25, -0.2) is 8.78 Å². The Morgan fingerprint density at radius 3 is 2.75 bits per heavy atom. The van der Waals surface area contributed by atoms with Crippen LogP contribution in [0.25, 0.3) is 0 Å². The van der Waals surface area contributed by atoms with E-state index in [0.29, 0.717) is 13.0 Å². The first-order valence-corrected chi connectivity index (χ1v) is 6.49. The van der Waals surface area contributed by atoms with Gasteiger partial charge in [-0.15, -0.1) is 0 Å². The van der Waals surface area contributed by atoms with E-state index in [1.54, 1.807) is 11.8 Å². The normalized spacial score (nSPS) is 27.6. The molecule has 1 aliphatic heterocycles. The first-order valence-electron chi connectivity index (χ1n) is 6.49. The number of piperidine rings is 1. The molecule has 1 aromatic rings.